The summed E-state index contributed by atoms with van der Waals surface area (Å²) in [6.45, 7) is 0.263. The quantitative estimate of drug-likeness (QED) is 0.679. The molecule has 94 valence electrons. The van der Waals surface area contributed by atoms with Crippen LogP contribution < -0.4 is 16.6 Å². The van der Waals surface area contributed by atoms with E-state index in [-0.39, 0.29) is 24.6 Å². The Balaban J connectivity index is 1.94. The molecule has 3 N–H and O–H groups in total. The molecule has 0 saturated carbocycles. The largest absolute Gasteiger partial charge is 0.467 e. The molecule has 0 aliphatic heterocycles. The summed E-state index contributed by atoms with van der Waals surface area (Å²) in [5.74, 6) is 0.315. The highest BCUT2D eigenvalue weighted by atomic mass is 16.3. The van der Waals surface area contributed by atoms with Crippen molar-refractivity contribution in [3.05, 3.63) is 56.8 Å². The van der Waals surface area contributed by atoms with Gasteiger partial charge in [-0.1, -0.05) is 0 Å². The number of carbonyl (C=O) groups excluding carboxylic acids is 1. The maximum absolute atomic E-state index is 11.5. The Morgan fingerprint density at radius 1 is 1.33 bits per heavy atom. The van der Waals surface area contributed by atoms with Crippen LogP contribution in [-0.2, 0) is 17.8 Å². The maximum Gasteiger partial charge on any atom is 0.325 e. The Kier molecular flexibility index (Phi) is 3.42. The molecule has 0 aliphatic carbocycles. The monoisotopic (exact) mass is 249 g/mol. The van der Waals surface area contributed by atoms with E-state index in [1.807, 2.05) is 4.98 Å². The highest BCUT2D eigenvalue weighted by molar-refractivity contribution is 5.77. The number of hydrogen-bond acceptors (Lipinski definition) is 4. The number of furan rings is 1. The van der Waals surface area contributed by atoms with Gasteiger partial charge in [-0.05, 0) is 12.1 Å². The third-order valence-electron chi connectivity index (χ3n) is 2.21. The van der Waals surface area contributed by atoms with Crippen LogP contribution in [0.25, 0.3) is 0 Å². The predicted molar refractivity (Wildman–Crippen MR) is 61.9 cm³/mol. The first kappa shape index (κ1) is 11.9. The van der Waals surface area contributed by atoms with Crippen LogP contribution in [-0.4, -0.2) is 15.9 Å². The molecule has 0 spiro atoms. The van der Waals surface area contributed by atoms with E-state index in [2.05, 4.69) is 10.3 Å². The molecule has 7 heteroatoms. The molecule has 2 aromatic rings. The highest BCUT2D eigenvalue weighted by Gasteiger charge is 2.06. The second-order valence-corrected chi connectivity index (χ2v) is 3.65. The van der Waals surface area contributed by atoms with E-state index in [0.717, 1.165) is 0 Å². The zero-order valence-electron chi connectivity index (χ0n) is 9.36. The van der Waals surface area contributed by atoms with Crippen molar-refractivity contribution in [3.63, 3.8) is 0 Å². The molecule has 0 aromatic carbocycles. The van der Waals surface area contributed by atoms with E-state index >= 15 is 0 Å². The lowest BCUT2D eigenvalue weighted by atomic mass is 10.3. The van der Waals surface area contributed by atoms with Crippen molar-refractivity contribution in [3.8, 4) is 0 Å². The van der Waals surface area contributed by atoms with Gasteiger partial charge in [0.1, 0.15) is 5.76 Å². The number of aromatic nitrogens is 2. The summed E-state index contributed by atoms with van der Waals surface area (Å²) in [6, 6.07) is 4.62. The summed E-state index contributed by atoms with van der Waals surface area (Å²) in [4.78, 5) is 37.9. The maximum atomic E-state index is 11.5. The van der Waals surface area contributed by atoms with Crippen LogP contribution in [0.15, 0.2) is 38.5 Å². The van der Waals surface area contributed by atoms with Gasteiger partial charge in [0.15, 0.2) is 0 Å². The lowest BCUT2D eigenvalue weighted by Gasteiger charge is -2.02. The summed E-state index contributed by atoms with van der Waals surface area (Å²) < 4.78 is 5.04. The van der Waals surface area contributed by atoms with Gasteiger partial charge < -0.3 is 14.7 Å². The number of nitrogens with one attached hydrogen (secondary N) is 3. The summed E-state index contributed by atoms with van der Waals surface area (Å²) in [6.07, 6.45) is 1.44. The van der Waals surface area contributed by atoms with Gasteiger partial charge in [-0.2, -0.15) is 0 Å². The van der Waals surface area contributed by atoms with Crippen molar-refractivity contribution in [2.45, 2.75) is 13.0 Å². The number of amides is 1. The number of aromatic amines is 2. The van der Waals surface area contributed by atoms with Crippen molar-refractivity contribution in [2.75, 3.05) is 0 Å². The van der Waals surface area contributed by atoms with Gasteiger partial charge in [0.2, 0.25) is 5.91 Å². The van der Waals surface area contributed by atoms with E-state index < -0.39 is 11.2 Å². The zero-order chi connectivity index (χ0) is 13.0. The molecule has 1 amide bonds. The summed E-state index contributed by atoms with van der Waals surface area (Å²) in [7, 11) is 0. The minimum Gasteiger partial charge on any atom is -0.467 e. The average molecular weight is 249 g/mol. The van der Waals surface area contributed by atoms with Crippen LogP contribution in [0.2, 0.25) is 0 Å². The number of carbonyl (C=O) groups is 1. The minimum absolute atomic E-state index is 0.0696. The minimum atomic E-state index is -0.628. The number of rotatable bonds is 4. The third kappa shape index (κ3) is 3.21. The first-order valence-electron chi connectivity index (χ1n) is 5.25. The fraction of sp³-hybridized carbons (Fsp3) is 0.182. The Morgan fingerprint density at radius 3 is 2.83 bits per heavy atom. The van der Waals surface area contributed by atoms with Crippen LogP contribution in [0.5, 0.6) is 0 Å². The molecule has 0 atom stereocenters. The Morgan fingerprint density at radius 2 is 2.17 bits per heavy atom. The molecule has 2 heterocycles. The molecule has 0 radical (unpaired) electrons. The third-order valence-corrected chi connectivity index (χ3v) is 2.21. The van der Waals surface area contributed by atoms with E-state index in [4.69, 9.17) is 4.42 Å². The van der Waals surface area contributed by atoms with E-state index in [9.17, 15) is 14.4 Å². The summed E-state index contributed by atoms with van der Waals surface area (Å²) >= 11 is 0. The van der Waals surface area contributed by atoms with Gasteiger partial charge in [-0.15, -0.1) is 0 Å². The SMILES string of the molecule is O=C(Cc1cc(=O)[nH]c(=O)[nH]1)NCc1ccco1. The molecule has 0 unspecified atom stereocenters. The molecule has 0 fully saturated rings. The van der Waals surface area contributed by atoms with Crippen LogP contribution >= 0.6 is 0 Å². The fourth-order valence-corrected chi connectivity index (χ4v) is 1.45. The standard InChI is InChI=1S/C11H11N3O4/c15-9(12-6-8-2-1-3-18-8)4-7-5-10(16)14-11(17)13-7/h1-3,5H,4,6H2,(H,12,15)(H2,13,14,16,17). The van der Waals surface area contributed by atoms with Crippen molar-refractivity contribution in [2.24, 2.45) is 0 Å². The van der Waals surface area contributed by atoms with Gasteiger partial charge in [0, 0.05) is 11.8 Å². The van der Waals surface area contributed by atoms with E-state index in [0.29, 0.717) is 5.76 Å². The molecule has 2 aromatic heterocycles. The van der Waals surface area contributed by atoms with Gasteiger partial charge in [0.25, 0.3) is 5.56 Å². The van der Waals surface area contributed by atoms with E-state index in [1.165, 1.54) is 12.3 Å². The van der Waals surface area contributed by atoms with Crippen LogP contribution in [0.4, 0.5) is 0 Å². The molecule has 0 bridgehead atoms. The van der Waals surface area contributed by atoms with Crippen molar-refractivity contribution >= 4 is 5.91 Å². The molecular weight excluding hydrogens is 238 g/mol. The zero-order valence-corrected chi connectivity index (χ0v) is 9.36. The molecular formula is C11H11N3O4. The predicted octanol–water partition coefficient (Wildman–Crippen LogP) is -0.485. The molecule has 2 rings (SSSR count). The number of hydrogen-bond donors (Lipinski definition) is 3. The molecule has 0 aliphatic rings. The lowest BCUT2D eigenvalue weighted by Crippen LogP contribution is -2.28. The van der Waals surface area contributed by atoms with Crippen LogP contribution in [0.1, 0.15) is 11.5 Å². The number of H-pyrrole nitrogens is 2. The van der Waals surface area contributed by atoms with Crippen molar-refractivity contribution < 1.29 is 9.21 Å². The first-order valence-corrected chi connectivity index (χ1v) is 5.25. The Hall–Kier alpha value is -2.57. The van der Waals surface area contributed by atoms with E-state index in [1.54, 1.807) is 12.1 Å². The van der Waals surface area contributed by atoms with Gasteiger partial charge in [-0.25, -0.2) is 4.79 Å². The highest BCUT2D eigenvalue weighted by Crippen LogP contribution is 1.98. The first-order chi connectivity index (χ1) is 8.63. The topological polar surface area (TPSA) is 108 Å². The van der Waals surface area contributed by atoms with Crippen LogP contribution in [0, 0.1) is 0 Å². The molecule has 7 nitrogen and oxygen atoms in total. The average Bonchev–Trinajstić information content (AvgIpc) is 2.77. The fourth-order valence-electron chi connectivity index (χ4n) is 1.45. The normalized spacial score (nSPS) is 10.2. The van der Waals surface area contributed by atoms with Gasteiger partial charge >= 0.3 is 5.69 Å². The van der Waals surface area contributed by atoms with Crippen molar-refractivity contribution in [1.29, 1.82) is 0 Å². The molecule has 0 saturated heterocycles. The van der Waals surface area contributed by atoms with Gasteiger partial charge in [-0.3, -0.25) is 14.6 Å². The Bertz CT molecular complexity index is 611. The summed E-state index contributed by atoms with van der Waals surface area (Å²) in [5.41, 5.74) is -0.899. The summed E-state index contributed by atoms with van der Waals surface area (Å²) in [5, 5.41) is 2.61. The second-order valence-electron chi connectivity index (χ2n) is 3.65. The lowest BCUT2D eigenvalue weighted by molar-refractivity contribution is -0.120. The van der Waals surface area contributed by atoms with Crippen LogP contribution in [0.3, 0.4) is 0 Å². The van der Waals surface area contributed by atoms with Crippen molar-refractivity contribution in [1.82, 2.24) is 15.3 Å². The van der Waals surface area contributed by atoms with Gasteiger partial charge in [0.05, 0.1) is 19.2 Å². The molecule has 18 heavy (non-hydrogen) atoms. The Labute approximate surface area is 101 Å². The second kappa shape index (κ2) is 5.17. The smallest absolute Gasteiger partial charge is 0.325 e.